The van der Waals surface area contributed by atoms with Gasteiger partial charge in [-0.2, -0.15) is 0 Å². The van der Waals surface area contributed by atoms with Crippen molar-refractivity contribution < 1.29 is 9.68 Å². The second kappa shape index (κ2) is 10.2. The first-order valence-corrected chi connectivity index (χ1v) is 9.24. The highest BCUT2D eigenvalue weighted by atomic mass is 79.9. The Labute approximate surface area is 163 Å². The van der Waals surface area contributed by atoms with E-state index >= 15 is 0 Å². The molecule has 8 heteroatoms. The molecule has 2 aromatic rings. The number of aromatic nitrogens is 2. The summed E-state index contributed by atoms with van der Waals surface area (Å²) in [4.78, 5) is 19.2. The van der Waals surface area contributed by atoms with Gasteiger partial charge in [0.2, 0.25) is 0 Å². The average Bonchev–Trinajstić information content (AvgIpc) is 2.60. The molecule has 0 saturated carbocycles. The van der Waals surface area contributed by atoms with Crippen LogP contribution in [0.1, 0.15) is 31.7 Å². The van der Waals surface area contributed by atoms with Crippen molar-refractivity contribution in [2.45, 2.75) is 20.3 Å². The van der Waals surface area contributed by atoms with Crippen LogP contribution < -0.4 is 0 Å². The van der Waals surface area contributed by atoms with Crippen LogP contribution in [0, 0.1) is 0 Å². The average molecular weight is 470 g/mol. The minimum absolute atomic E-state index is 0.440. The summed E-state index contributed by atoms with van der Waals surface area (Å²) in [5.41, 5.74) is 2.98. The number of rotatable bonds is 8. The van der Waals surface area contributed by atoms with E-state index in [0.29, 0.717) is 19.6 Å². The Morgan fingerprint density at radius 2 is 1.28 bits per heavy atom. The molecule has 0 radical (unpaired) electrons. The van der Waals surface area contributed by atoms with Gasteiger partial charge in [0.05, 0.1) is 11.4 Å². The van der Waals surface area contributed by atoms with Crippen LogP contribution in [0.15, 0.2) is 55.9 Å². The zero-order valence-electron chi connectivity index (χ0n) is 13.9. The molecular formula is C17H18Br2N4O2. The first-order chi connectivity index (χ1) is 12.1. The predicted molar refractivity (Wildman–Crippen MR) is 105 cm³/mol. The van der Waals surface area contributed by atoms with E-state index in [9.17, 15) is 0 Å². The van der Waals surface area contributed by atoms with Crippen LogP contribution in [0.25, 0.3) is 0 Å². The zero-order chi connectivity index (χ0) is 18.1. The van der Waals surface area contributed by atoms with Gasteiger partial charge in [0.1, 0.15) is 33.8 Å². The van der Waals surface area contributed by atoms with Gasteiger partial charge in [-0.25, -0.2) is 9.97 Å². The van der Waals surface area contributed by atoms with Gasteiger partial charge in [-0.3, -0.25) is 0 Å². The first kappa shape index (κ1) is 19.5. The zero-order valence-corrected chi connectivity index (χ0v) is 17.1. The van der Waals surface area contributed by atoms with Gasteiger partial charge < -0.3 is 9.68 Å². The van der Waals surface area contributed by atoms with Crippen LogP contribution in [0.2, 0.25) is 0 Å². The van der Waals surface area contributed by atoms with E-state index in [1.165, 1.54) is 0 Å². The lowest BCUT2D eigenvalue weighted by molar-refractivity contribution is 0.0900. The Morgan fingerprint density at radius 3 is 1.68 bits per heavy atom. The molecule has 0 N–H and O–H groups in total. The number of nitrogens with zero attached hydrogens (tertiary/aromatic N) is 4. The van der Waals surface area contributed by atoms with Crippen molar-refractivity contribution >= 4 is 43.3 Å². The van der Waals surface area contributed by atoms with Crippen molar-refractivity contribution in [3.63, 3.8) is 0 Å². The molecule has 2 heterocycles. The Bertz CT molecular complexity index is 702. The molecule has 25 heavy (non-hydrogen) atoms. The molecule has 0 aliphatic rings. The molecule has 0 bridgehead atoms. The number of hydrogen-bond acceptors (Lipinski definition) is 6. The van der Waals surface area contributed by atoms with Crippen LogP contribution in [-0.2, 0) is 9.68 Å². The summed E-state index contributed by atoms with van der Waals surface area (Å²) in [7, 11) is 0. The lowest BCUT2D eigenvalue weighted by Crippen LogP contribution is -2.03. The quantitative estimate of drug-likeness (QED) is 0.245. The summed E-state index contributed by atoms with van der Waals surface area (Å²) in [5, 5.41) is 8.10. The highest BCUT2D eigenvalue weighted by molar-refractivity contribution is 9.10. The van der Waals surface area contributed by atoms with Crippen molar-refractivity contribution in [1.29, 1.82) is 0 Å². The minimum atomic E-state index is 0.440. The fourth-order valence-corrected chi connectivity index (χ4v) is 2.47. The monoisotopic (exact) mass is 468 g/mol. The van der Waals surface area contributed by atoms with Crippen LogP contribution in [0.5, 0.6) is 0 Å². The van der Waals surface area contributed by atoms with Crippen LogP contribution in [0.4, 0.5) is 0 Å². The Kier molecular flexibility index (Phi) is 8.00. The third-order valence-corrected chi connectivity index (χ3v) is 3.93. The molecule has 2 aromatic heterocycles. The van der Waals surface area contributed by atoms with Crippen molar-refractivity contribution in [2.75, 3.05) is 13.2 Å². The van der Waals surface area contributed by atoms with Crippen molar-refractivity contribution in [3.05, 3.63) is 57.0 Å². The van der Waals surface area contributed by atoms with Crippen LogP contribution in [-0.4, -0.2) is 34.6 Å². The Hall–Kier alpha value is -1.80. The molecule has 0 atom stereocenters. The SMILES string of the molecule is C/C(=N\OCCCO/N=C(\C)c1cccc(Br)n1)c1cccc(Br)n1. The largest absolute Gasteiger partial charge is 0.395 e. The smallest absolute Gasteiger partial charge is 0.120 e. The molecule has 0 aliphatic heterocycles. The highest BCUT2D eigenvalue weighted by Crippen LogP contribution is 2.08. The van der Waals surface area contributed by atoms with E-state index in [2.05, 4.69) is 52.1 Å². The topological polar surface area (TPSA) is 69.0 Å². The predicted octanol–water partition coefficient (Wildman–Crippen LogP) is 4.57. The van der Waals surface area contributed by atoms with Gasteiger partial charge in [0.15, 0.2) is 0 Å². The van der Waals surface area contributed by atoms with Gasteiger partial charge in [-0.05, 0) is 70.0 Å². The third kappa shape index (κ3) is 6.91. The third-order valence-electron chi connectivity index (χ3n) is 3.05. The maximum Gasteiger partial charge on any atom is 0.120 e. The van der Waals surface area contributed by atoms with Gasteiger partial charge in [0.25, 0.3) is 0 Å². The lowest BCUT2D eigenvalue weighted by atomic mass is 10.3. The van der Waals surface area contributed by atoms with Gasteiger partial charge in [-0.1, -0.05) is 22.4 Å². The van der Waals surface area contributed by atoms with E-state index in [-0.39, 0.29) is 0 Å². The van der Waals surface area contributed by atoms with Gasteiger partial charge in [-0.15, -0.1) is 0 Å². The summed E-state index contributed by atoms with van der Waals surface area (Å²) in [6, 6.07) is 11.3. The molecule has 6 nitrogen and oxygen atoms in total. The van der Waals surface area contributed by atoms with E-state index in [0.717, 1.165) is 32.0 Å². The molecule has 0 aromatic carbocycles. The molecule has 2 rings (SSSR count). The molecule has 0 saturated heterocycles. The van der Waals surface area contributed by atoms with Crippen LogP contribution >= 0.6 is 31.9 Å². The summed E-state index contributed by atoms with van der Waals surface area (Å²) >= 11 is 6.66. The maximum atomic E-state index is 5.28. The highest BCUT2D eigenvalue weighted by Gasteiger charge is 2.01. The minimum Gasteiger partial charge on any atom is -0.395 e. The standard InChI is InChI=1S/C17H18Br2N4O2/c1-12(14-6-3-8-16(18)20-14)22-24-10-5-11-25-23-13(2)15-7-4-9-17(19)21-15/h3-4,6-9H,5,10-11H2,1-2H3/b22-12+,23-13+. The Balaban J connectivity index is 1.69. The second-order valence-electron chi connectivity index (χ2n) is 5.06. The normalized spacial score (nSPS) is 12.2. The number of pyridine rings is 2. The Morgan fingerprint density at radius 1 is 0.840 bits per heavy atom. The van der Waals surface area contributed by atoms with Crippen molar-refractivity contribution in [1.82, 2.24) is 9.97 Å². The number of hydrogen-bond donors (Lipinski definition) is 0. The number of halogens is 2. The fourth-order valence-electron chi connectivity index (χ4n) is 1.79. The summed E-state index contributed by atoms with van der Waals surface area (Å²) in [6.45, 7) is 4.58. The molecule has 0 aliphatic carbocycles. The summed E-state index contributed by atoms with van der Waals surface area (Å²) in [6.07, 6.45) is 0.672. The number of oxime groups is 2. The molecule has 0 fully saturated rings. The van der Waals surface area contributed by atoms with Crippen molar-refractivity contribution in [2.24, 2.45) is 10.3 Å². The summed E-state index contributed by atoms with van der Waals surface area (Å²) < 4.78 is 1.53. The molecule has 0 spiro atoms. The van der Waals surface area contributed by atoms with Gasteiger partial charge >= 0.3 is 0 Å². The molecular weight excluding hydrogens is 452 g/mol. The van der Waals surface area contributed by atoms with Crippen LogP contribution in [0.3, 0.4) is 0 Å². The second-order valence-corrected chi connectivity index (χ2v) is 6.69. The molecule has 0 amide bonds. The maximum absolute atomic E-state index is 5.28. The molecule has 132 valence electrons. The fraction of sp³-hybridized carbons (Fsp3) is 0.294. The first-order valence-electron chi connectivity index (χ1n) is 7.65. The van der Waals surface area contributed by atoms with Crippen molar-refractivity contribution in [3.8, 4) is 0 Å². The summed E-state index contributed by atoms with van der Waals surface area (Å²) in [5.74, 6) is 0. The van der Waals surface area contributed by atoms with E-state index < -0.39 is 0 Å². The van der Waals surface area contributed by atoms with E-state index in [1.807, 2.05) is 50.2 Å². The van der Waals surface area contributed by atoms with Gasteiger partial charge in [0, 0.05) is 6.42 Å². The van der Waals surface area contributed by atoms with E-state index in [4.69, 9.17) is 9.68 Å². The van der Waals surface area contributed by atoms with E-state index in [1.54, 1.807) is 0 Å². The lowest BCUT2D eigenvalue weighted by Gasteiger charge is -2.03. The molecule has 0 unspecified atom stereocenters.